The number of hydrogen-bond donors (Lipinski definition) is 7. The Labute approximate surface area is 603 Å². The molecule has 0 saturated carbocycles. The Morgan fingerprint density at radius 1 is 0.553 bits per heavy atom. The quantitative estimate of drug-likeness (QED) is 0.0131. The van der Waals surface area contributed by atoms with Crippen molar-refractivity contribution in [2.45, 2.75) is 218 Å². The zero-order valence-corrected chi connectivity index (χ0v) is 62.0. The Morgan fingerprint density at radius 3 is 1.34 bits per heavy atom. The highest BCUT2D eigenvalue weighted by molar-refractivity contribution is 6.05. The molecule has 0 spiro atoms. The van der Waals surface area contributed by atoms with Crippen molar-refractivity contribution in [2.75, 3.05) is 33.0 Å². The van der Waals surface area contributed by atoms with Gasteiger partial charge in [0.15, 0.2) is 35.0 Å². The summed E-state index contributed by atoms with van der Waals surface area (Å²) in [6.07, 6.45) is 20.1. The van der Waals surface area contributed by atoms with Crippen LogP contribution in [0.4, 0.5) is 0 Å². The first-order valence-electron chi connectivity index (χ1n) is 33.5. The smallest absolute Gasteiger partial charge is 0.372 e. The van der Waals surface area contributed by atoms with Crippen molar-refractivity contribution < 1.29 is 135 Å². The fraction of sp³-hybridized carbons (Fsp3) is 0.507. The summed E-state index contributed by atoms with van der Waals surface area (Å²) in [7, 11) is 0. The van der Waals surface area contributed by atoms with Crippen LogP contribution in [-0.4, -0.2) is 164 Å². The second-order valence-corrected chi connectivity index (χ2v) is 21.9. The number of unbranched alkanes of at least 4 members (excludes halogenated alkanes) is 10. The molecule has 28 nitrogen and oxygen atoms in total. The number of carboxylic acid groups (broad SMARTS) is 5. The summed E-state index contributed by atoms with van der Waals surface area (Å²) in [4.78, 5) is 133. The molecule has 0 amide bonds. The number of aliphatic hydroxyl groups is 2. The van der Waals surface area contributed by atoms with Crippen LogP contribution < -0.4 is 4.74 Å². The van der Waals surface area contributed by atoms with E-state index in [4.69, 9.17) is 64.2 Å². The molecule has 28 heteroatoms. The van der Waals surface area contributed by atoms with Crippen molar-refractivity contribution in [1.82, 2.24) is 0 Å². The molecule has 3 unspecified atom stereocenters. The maximum atomic E-state index is 11.1. The first kappa shape index (κ1) is 102. The second kappa shape index (κ2) is 66.8. The lowest BCUT2D eigenvalue weighted by Gasteiger charge is -2.03. The Morgan fingerprint density at radius 2 is 1.07 bits per heavy atom. The minimum Gasteiger partial charge on any atom is -0.481 e. The topological polar surface area (TPSA) is 449 Å². The van der Waals surface area contributed by atoms with Crippen molar-refractivity contribution in [3.8, 4) is 5.75 Å². The van der Waals surface area contributed by atoms with E-state index in [0.29, 0.717) is 62.4 Å². The number of aliphatic hydroxyl groups excluding tert-OH is 2. The Balaban J connectivity index is -0.000000346. The van der Waals surface area contributed by atoms with Crippen LogP contribution in [0, 0.1) is 20.8 Å². The number of aryl methyl sites for hydroxylation is 3. The molecule has 2 aliphatic heterocycles. The van der Waals surface area contributed by atoms with Gasteiger partial charge in [-0.05, 0) is 123 Å². The molecule has 2 saturated heterocycles. The van der Waals surface area contributed by atoms with Crippen molar-refractivity contribution >= 4 is 76.7 Å². The maximum Gasteiger partial charge on any atom is 0.372 e. The molecule has 3 aromatic heterocycles. The Hall–Kier alpha value is -9.77. The number of Topliss-reactive ketones (excluding diaryl/α,β-unsaturated/α-hetero) is 5. The third-order valence-electron chi connectivity index (χ3n) is 12.4. The Bertz CT molecular complexity index is 3100. The number of benzene rings is 2. The average Bonchev–Trinajstić information content (AvgIpc) is 1.89. The molecule has 7 N–H and O–H groups in total. The number of esters is 3. The molecule has 2 aromatic carbocycles. The normalized spacial score (nSPS) is 13.0. The number of aromatic carboxylic acids is 3. The van der Waals surface area contributed by atoms with Crippen molar-refractivity contribution in [3.63, 3.8) is 0 Å². The SMILES string of the molecule is CC(=O)C1OCCC1=O.CC(=O)CO.CC(=O)O.CC(=O)Oc1ccc(C)cc1.CC1CC(=O)C(C)O1.CCC(=O)CO.CCC(=O)O.CCCCCCCCCCCCCC(=O)OCC.CCOC(=O)c1ccccc1.Cc1ccoc1C(=O)O.Cc1coc(C(=O)O)c1.O=C(O)c1ccco1. The van der Waals surface area contributed by atoms with Gasteiger partial charge < -0.3 is 72.7 Å². The van der Waals surface area contributed by atoms with Crippen molar-refractivity contribution in [2.24, 2.45) is 0 Å². The summed E-state index contributed by atoms with van der Waals surface area (Å²) >= 11 is 0. The lowest BCUT2D eigenvalue weighted by Crippen LogP contribution is -2.23. The molecule has 2 aliphatic rings. The summed E-state index contributed by atoms with van der Waals surface area (Å²) in [5.41, 5.74) is 3.24. The van der Waals surface area contributed by atoms with E-state index in [-0.39, 0.29) is 95.9 Å². The van der Waals surface area contributed by atoms with Gasteiger partial charge in [0.05, 0.1) is 50.3 Å². The molecule has 5 aromatic rings. The van der Waals surface area contributed by atoms with Gasteiger partial charge in [-0.15, -0.1) is 0 Å². The average molecular weight is 1460 g/mol. The van der Waals surface area contributed by atoms with Gasteiger partial charge >= 0.3 is 41.8 Å². The molecule has 578 valence electrons. The molecular weight excluding hydrogens is 1350 g/mol. The number of carbonyl (C=O) groups excluding carboxylic acids is 8. The highest BCUT2D eigenvalue weighted by Gasteiger charge is 2.29. The van der Waals surface area contributed by atoms with Crippen LogP contribution >= 0.6 is 0 Å². The summed E-state index contributed by atoms with van der Waals surface area (Å²) in [6, 6.07) is 22.3. The largest absolute Gasteiger partial charge is 0.481 e. The third kappa shape index (κ3) is 65.3. The van der Waals surface area contributed by atoms with E-state index in [9.17, 15) is 57.5 Å². The molecule has 103 heavy (non-hydrogen) atoms. The summed E-state index contributed by atoms with van der Waals surface area (Å²) in [5, 5.41) is 55.8. The van der Waals surface area contributed by atoms with E-state index in [1.165, 1.54) is 122 Å². The fourth-order valence-corrected chi connectivity index (χ4v) is 7.14. The lowest BCUT2D eigenvalue weighted by atomic mass is 10.1. The number of aliphatic carboxylic acids is 2. The van der Waals surface area contributed by atoms with E-state index >= 15 is 0 Å². The van der Waals surface area contributed by atoms with Crippen LogP contribution in [0.25, 0.3) is 0 Å². The maximum absolute atomic E-state index is 11.1. The second-order valence-electron chi connectivity index (χ2n) is 21.9. The number of furan rings is 3. The van der Waals surface area contributed by atoms with Crippen LogP contribution in [0.2, 0.25) is 0 Å². The van der Waals surface area contributed by atoms with Gasteiger partial charge in [-0.2, -0.15) is 0 Å². The zero-order chi connectivity index (χ0) is 79.7. The lowest BCUT2D eigenvalue weighted by molar-refractivity contribution is -0.143. The van der Waals surface area contributed by atoms with Crippen LogP contribution in [0.15, 0.2) is 111 Å². The number of carbonyl (C=O) groups is 13. The first-order chi connectivity index (χ1) is 48.5. The minimum atomic E-state index is -1.03. The van der Waals surface area contributed by atoms with Gasteiger partial charge in [0.1, 0.15) is 25.1 Å². The highest BCUT2D eigenvalue weighted by atomic mass is 16.5. The first-order valence-corrected chi connectivity index (χ1v) is 33.5. The van der Waals surface area contributed by atoms with E-state index < -0.39 is 36.0 Å². The number of ether oxygens (including phenoxy) is 5. The number of ketones is 5. The molecule has 5 heterocycles. The molecule has 0 aliphatic carbocycles. The number of rotatable bonds is 24. The summed E-state index contributed by atoms with van der Waals surface area (Å²) < 4.78 is 38.2. The molecule has 3 atom stereocenters. The van der Waals surface area contributed by atoms with Crippen LogP contribution in [0.1, 0.15) is 238 Å². The van der Waals surface area contributed by atoms with Gasteiger partial charge in [-0.1, -0.05) is 121 Å². The number of hydrogen-bond acceptors (Lipinski definition) is 23. The predicted molar refractivity (Wildman–Crippen MR) is 380 cm³/mol. The monoisotopic (exact) mass is 1460 g/mol. The standard InChI is InChI=1S/C16H32O2.2C9H10O2.C6H6O3.C6H8O3.C6H6O3.C6H10O2.C5H4O3.C4H8O2.2C3H6O2.C2H4O2/c1-3-5-6-7-8-9-10-11-12-13-14-15-16(17)18-4-2;1-7-3-5-9(6-4-7)11-8(2)10;1-2-11-9(10)8-6-4-3-5-7-8;1-4-2-5(6(7)8)9-3-4;1-4(7)6-5(8)2-3-9-6;1-4-2-3-9-5(4)6(7)8;1-4-3-6(7)5(2)8-4;6-5(7)4-2-1-3-8-4;1-2-4(6)3-5;1-3(5)2-4;1-2-3(4)5;1-2(3)4/h3-15H2,1-2H3;3-6H,1-2H3;3-7H,2H2,1H3;2-3H,1H3,(H,7,8);6H,2-3H2,1H3;2-3H,1H3,(H,7,8);4-5H,3H2,1-2H3;1-3H,(H,6,7);5H,2-3H2,1H3;4H,2H2,1H3;2H2,1H3,(H,4,5);1H3,(H,3,4). The number of carboxylic acids is 5. The van der Waals surface area contributed by atoms with Gasteiger partial charge in [-0.25, -0.2) is 19.2 Å². The van der Waals surface area contributed by atoms with Gasteiger partial charge in [0.25, 0.3) is 5.97 Å². The molecular formula is C75H110O28. The molecule has 7 rings (SSSR count). The fourth-order valence-electron chi connectivity index (χ4n) is 7.14. The Kier molecular flexibility index (Phi) is 66.0. The third-order valence-corrected chi connectivity index (χ3v) is 12.4. The highest BCUT2D eigenvalue weighted by Crippen LogP contribution is 2.16. The van der Waals surface area contributed by atoms with Crippen LogP contribution in [0.3, 0.4) is 0 Å². The minimum absolute atomic E-state index is 0.00694. The van der Waals surface area contributed by atoms with Gasteiger partial charge in [0, 0.05) is 51.5 Å². The molecule has 0 radical (unpaired) electrons. The van der Waals surface area contributed by atoms with Crippen LogP contribution in [0.5, 0.6) is 5.75 Å². The molecule has 0 bridgehead atoms. The van der Waals surface area contributed by atoms with E-state index in [0.717, 1.165) is 24.5 Å². The predicted octanol–water partition coefficient (Wildman–Crippen LogP) is 13.4. The zero-order valence-electron chi connectivity index (χ0n) is 62.0. The summed E-state index contributed by atoms with van der Waals surface area (Å²) in [5.74, 6) is -4.95. The van der Waals surface area contributed by atoms with E-state index in [2.05, 4.69) is 20.2 Å². The van der Waals surface area contributed by atoms with Crippen LogP contribution in [-0.2, 0) is 62.1 Å². The van der Waals surface area contributed by atoms with Gasteiger partial charge in [0.2, 0.25) is 17.3 Å². The van der Waals surface area contributed by atoms with E-state index in [1.807, 2.05) is 51.1 Å². The van der Waals surface area contributed by atoms with E-state index in [1.54, 1.807) is 71.9 Å². The molecule has 2 fully saturated rings. The van der Waals surface area contributed by atoms with Gasteiger partial charge in [-0.3, -0.25) is 43.2 Å². The van der Waals surface area contributed by atoms with Crippen molar-refractivity contribution in [3.05, 3.63) is 137 Å². The van der Waals surface area contributed by atoms with Crippen molar-refractivity contribution in [1.29, 1.82) is 0 Å². The summed E-state index contributed by atoms with van der Waals surface area (Å²) in [6.45, 7) is 24.3.